The lowest BCUT2D eigenvalue weighted by atomic mass is 10.2. The van der Waals surface area contributed by atoms with Crippen LogP contribution < -0.4 is 5.32 Å². The number of rotatable bonds is 1. The van der Waals surface area contributed by atoms with Gasteiger partial charge in [0.15, 0.2) is 0 Å². The molecule has 0 aliphatic carbocycles. The highest BCUT2D eigenvalue weighted by Gasteiger charge is 2.22. The quantitative estimate of drug-likeness (QED) is 0.836. The van der Waals surface area contributed by atoms with Crippen molar-refractivity contribution in [1.29, 1.82) is 0 Å². The van der Waals surface area contributed by atoms with E-state index in [9.17, 15) is 4.79 Å². The fraction of sp³-hybridized carbons (Fsp3) is 0.375. The van der Waals surface area contributed by atoms with Gasteiger partial charge in [0, 0.05) is 9.35 Å². The van der Waals surface area contributed by atoms with Crippen molar-refractivity contribution >= 4 is 33.2 Å². The Labute approximate surface area is 88.2 Å². The van der Waals surface area contributed by atoms with Gasteiger partial charge in [-0.2, -0.15) is 0 Å². The Morgan fingerprint density at radius 3 is 3.15 bits per heavy atom. The lowest BCUT2D eigenvalue weighted by molar-refractivity contribution is -0.131. The molecule has 1 aliphatic rings. The van der Waals surface area contributed by atoms with Crippen molar-refractivity contribution in [1.82, 2.24) is 5.32 Å². The minimum Gasteiger partial charge on any atom is -0.369 e. The molecule has 1 fully saturated rings. The van der Waals surface area contributed by atoms with E-state index in [-0.39, 0.29) is 18.6 Å². The normalized spacial score (nSPS) is 22.8. The maximum Gasteiger partial charge on any atom is 0.246 e. The summed E-state index contributed by atoms with van der Waals surface area (Å²) in [5.74, 6) is -0.0449. The molecule has 1 atom stereocenters. The van der Waals surface area contributed by atoms with Crippen LogP contribution in [-0.4, -0.2) is 19.1 Å². The molecule has 0 bridgehead atoms. The second kappa shape index (κ2) is 3.77. The molecule has 0 aromatic carbocycles. The molecule has 1 saturated heterocycles. The molecular formula is C8H8BrNO2S. The summed E-state index contributed by atoms with van der Waals surface area (Å²) in [5, 5.41) is 4.86. The molecule has 0 spiro atoms. The van der Waals surface area contributed by atoms with Crippen molar-refractivity contribution in [2.24, 2.45) is 0 Å². The summed E-state index contributed by atoms with van der Waals surface area (Å²) in [5.41, 5.74) is 0. The maximum atomic E-state index is 11.0. The Hall–Kier alpha value is -0.390. The van der Waals surface area contributed by atoms with Crippen molar-refractivity contribution in [3.05, 3.63) is 20.8 Å². The second-order valence-corrected chi connectivity index (χ2v) is 4.57. The molecule has 1 aliphatic heterocycles. The van der Waals surface area contributed by atoms with Gasteiger partial charge in [-0.15, -0.1) is 11.3 Å². The highest BCUT2D eigenvalue weighted by atomic mass is 79.9. The molecule has 0 unspecified atom stereocenters. The summed E-state index contributed by atoms with van der Waals surface area (Å²) in [6, 6.07) is 1.98. The number of hydrogen-bond acceptors (Lipinski definition) is 3. The van der Waals surface area contributed by atoms with Crippen molar-refractivity contribution in [3.8, 4) is 0 Å². The zero-order valence-electron chi connectivity index (χ0n) is 6.75. The van der Waals surface area contributed by atoms with E-state index < -0.39 is 0 Å². The summed E-state index contributed by atoms with van der Waals surface area (Å²) in [6.45, 7) is 0.740. The third-order valence-electron chi connectivity index (χ3n) is 1.81. The van der Waals surface area contributed by atoms with Crippen LogP contribution in [0.1, 0.15) is 10.9 Å². The standard InChI is InChI=1S/C8H8BrNO2S/c9-5-1-2-13-8(5)6-3-12-4-7(11)10-6/h1-2,6H,3-4H2,(H,10,11)/t6-/m0/s1. The molecule has 0 radical (unpaired) electrons. The van der Waals surface area contributed by atoms with Crippen LogP contribution in [-0.2, 0) is 9.53 Å². The van der Waals surface area contributed by atoms with Crippen molar-refractivity contribution in [3.63, 3.8) is 0 Å². The minimum absolute atomic E-state index is 0.00984. The van der Waals surface area contributed by atoms with Gasteiger partial charge in [0.25, 0.3) is 0 Å². The number of morpholine rings is 1. The highest BCUT2D eigenvalue weighted by molar-refractivity contribution is 9.10. The van der Waals surface area contributed by atoms with Crippen LogP contribution >= 0.6 is 27.3 Å². The van der Waals surface area contributed by atoms with E-state index in [1.165, 1.54) is 0 Å². The molecule has 1 N–H and O–H groups in total. The molecule has 3 nitrogen and oxygen atoms in total. The van der Waals surface area contributed by atoms with Crippen LogP contribution in [0, 0.1) is 0 Å². The lowest BCUT2D eigenvalue weighted by Gasteiger charge is -2.22. The van der Waals surface area contributed by atoms with Crippen molar-refractivity contribution in [2.75, 3.05) is 13.2 Å². The minimum atomic E-state index is -0.0449. The first-order valence-corrected chi connectivity index (χ1v) is 5.54. The van der Waals surface area contributed by atoms with Crippen molar-refractivity contribution < 1.29 is 9.53 Å². The molecule has 0 saturated carbocycles. The first-order chi connectivity index (χ1) is 6.27. The number of amides is 1. The average Bonchev–Trinajstić information content (AvgIpc) is 2.51. The first-order valence-electron chi connectivity index (χ1n) is 3.87. The number of halogens is 1. The second-order valence-electron chi connectivity index (χ2n) is 2.77. The van der Waals surface area contributed by atoms with E-state index in [1.54, 1.807) is 11.3 Å². The fourth-order valence-corrected chi connectivity index (χ4v) is 2.93. The van der Waals surface area contributed by atoms with Gasteiger partial charge in [0.2, 0.25) is 5.91 Å². The molecule has 70 valence electrons. The molecule has 1 aromatic heterocycles. The van der Waals surface area contributed by atoms with E-state index in [2.05, 4.69) is 21.2 Å². The van der Waals surface area contributed by atoms with E-state index >= 15 is 0 Å². The molecule has 1 amide bonds. The Kier molecular flexibility index (Phi) is 2.66. The maximum absolute atomic E-state index is 11.0. The SMILES string of the molecule is O=C1COC[C@@H](c2sccc2Br)N1. The van der Waals surface area contributed by atoms with Gasteiger partial charge in [-0.05, 0) is 27.4 Å². The monoisotopic (exact) mass is 261 g/mol. The van der Waals surface area contributed by atoms with Gasteiger partial charge in [0.1, 0.15) is 6.61 Å². The predicted octanol–water partition coefficient (Wildman–Crippen LogP) is 1.70. The number of carbonyl (C=O) groups is 1. The Morgan fingerprint density at radius 1 is 1.69 bits per heavy atom. The molecule has 2 rings (SSSR count). The van der Waals surface area contributed by atoms with E-state index in [4.69, 9.17) is 4.74 Å². The summed E-state index contributed by atoms with van der Waals surface area (Å²) in [7, 11) is 0. The van der Waals surface area contributed by atoms with Gasteiger partial charge >= 0.3 is 0 Å². The fourth-order valence-electron chi connectivity index (χ4n) is 1.24. The Bertz CT molecular complexity index is 326. The third-order valence-corrected chi connectivity index (χ3v) is 3.80. The first kappa shape index (κ1) is 9.18. The number of thiophene rings is 1. The molecule has 2 heterocycles. The Balaban J connectivity index is 2.17. The lowest BCUT2D eigenvalue weighted by Crippen LogP contribution is -2.39. The van der Waals surface area contributed by atoms with Gasteiger partial charge in [-0.25, -0.2) is 0 Å². The van der Waals surface area contributed by atoms with Crippen LogP contribution in [0.25, 0.3) is 0 Å². The topological polar surface area (TPSA) is 38.3 Å². The average molecular weight is 262 g/mol. The van der Waals surface area contributed by atoms with Gasteiger partial charge in [0.05, 0.1) is 12.6 Å². The van der Waals surface area contributed by atoms with Gasteiger partial charge < -0.3 is 10.1 Å². The largest absolute Gasteiger partial charge is 0.369 e. The van der Waals surface area contributed by atoms with Gasteiger partial charge in [-0.1, -0.05) is 0 Å². The number of ether oxygens (including phenoxy) is 1. The van der Waals surface area contributed by atoms with E-state index in [0.717, 1.165) is 9.35 Å². The van der Waals surface area contributed by atoms with Crippen LogP contribution in [0.2, 0.25) is 0 Å². The third kappa shape index (κ3) is 1.92. The summed E-state index contributed by atoms with van der Waals surface area (Å²) in [6.07, 6.45) is 0. The number of nitrogens with one attached hydrogen (secondary N) is 1. The van der Waals surface area contributed by atoms with E-state index in [1.807, 2.05) is 11.4 Å². The van der Waals surface area contributed by atoms with Crippen LogP contribution in [0.4, 0.5) is 0 Å². The molecule has 13 heavy (non-hydrogen) atoms. The molecule has 1 aromatic rings. The summed E-state index contributed by atoms with van der Waals surface area (Å²) >= 11 is 5.04. The van der Waals surface area contributed by atoms with Crippen LogP contribution in [0.3, 0.4) is 0 Å². The van der Waals surface area contributed by atoms with Crippen molar-refractivity contribution in [2.45, 2.75) is 6.04 Å². The number of hydrogen-bond donors (Lipinski definition) is 1. The highest BCUT2D eigenvalue weighted by Crippen LogP contribution is 2.29. The smallest absolute Gasteiger partial charge is 0.246 e. The number of carbonyl (C=O) groups excluding carboxylic acids is 1. The Morgan fingerprint density at radius 2 is 2.54 bits per heavy atom. The summed E-state index contributed by atoms with van der Waals surface area (Å²) in [4.78, 5) is 12.2. The van der Waals surface area contributed by atoms with E-state index in [0.29, 0.717) is 6.61 Å². The summed E-state index contributed by atoms with van der Waals surface area (Å²) < 4.78 is 6.18. The zero-order valence-corrected chi connectivity index (χ0v) is 9.15. The van der Waals surface area contributed by atoms with Crippen LogP contribution in [0.5, 0.6) is 0 Å². The predicted molar refractivity (Wildman–Crippen MR) is 53.7 cm³/mol. The zero-order chi connectivity index (χ0) is 9.26. The molecule has 5 heteroatoms. The van der Waals surface area contributed by atoms with Gasteiger partial charge in [-0.3, -0.25) is 4.79 Å². The van der Waals surface area contributed by atoms with Crippen LogP contribution in [0.15, 0.2) is 15.9 Å². The molecular weight excluding hydrogens is 254 g/mol.